The zero-order valence-electron chi connectivity index (χ0n) is 12.5. The SMILES string of the molecule is COc1ccc(/C(C#N)=C(/Nc2ccc(Cl)cc2)C(F)(F)F)cc1. The van der Waals surface area contributed by atoms with Crippen LogP contribution in [0.25, 0.3) is 5.57 Å². The molecule has 0 aromatic heterocycles. The van der Waals surface area contributed by atoms with Crippen LogP contribution >= 0.6 is 11.6 Å². The highest BCUT2D eigenvalue weighted by atomic mass is 35.5. The number of nitriles is 1. The van der Waals surface area contributed by atoms with Gasteiger partial charge < -0.3 is 10.1 Å². The molecule has 0 aliphatic rings. The number of halogens is 4. The Morgan fingerprint density at radius 1 is 1.08 bits per heavy atom. The summed E-state index contributed by atoms with van der Waals surface area (Å²) in [5.74, 6) is 0.482. The van der Waals surface area contributed by atoms with Crippen LogP contribution in [0.15, 0.2) is 54.2 Å². The second kappa shape index (κ2) is 7.28. The van der Waals surface area contributed by atoms with Crippen molar-refractivity contribution in [3.05, 3.63) is 64.8 Å². The zero-order chi connectivity index (χ0) is 17.7. The lowest BCUT2D eigenvalue weighted by atomic mass is 10.0. The molecular weight excluding hydrogens is 341 g/mol. The van der Waals surface area contributed by atoms with E-state index < -0.39 is 17.4 Å². The monoisotopic (exact) mass is 352 g/mol. The van der Waals surface area contributed by atoms with E-state index in [4.69, 9.17) is 16.3 Å². The first-order chi connectivity index (χ1) is 11.3. The Labute approximate surface area is 141 Å². The smallest absolute Gasteiger partial charge is 0.432 e. The number of alkyl halides is 3. The molecule has 0 saturated carbocycles. The third kappa shape index (κ3) is 4.21. The van der Waals surface area contributed by atoms with Crippen LogP contribution in [0.4, 0.5) is 18.9 Å². The second-order valence-corrected chi connectivity index (χ2v) is 5.16. The van der Waals surface area contributed by atoms with Crippen molar-refractivity contribution in [2.75, 3.05) is 12.4 Å². The maximum atomic E-state index is 13.4. The summed E-state index contributed by atoms with van der Waals surface area (Å²) in [6.45, 7) is 0. The molecule has 0 aliphatic carbocycles. The number of ether oxygens (including phenoxy) is 1. The van der Waals surface area contributed by atoms with Crippen LogP contribution in [0.2, 0.25) is 5.02 Å². The molecule has 0 radical (unpaired) electrons. The van der Waals surface area contributed by atoms with Gasteiger partial charge in [-0.15, -0.1) is 0 Å². The van der Waals surface area contributed by atoms with Gasteiger partial charge in [-0.2, -0.15) is 18.4 Å². The molecule has 0 atom stereocenters. The Balaban J connectivity index is 2.51. The molecular formula is C17H12ClF3N2O. The number of methoxy groups -OCH3 is 1. The highest BCUT2D eigenvalue weighted by molar-refractivity contribution is 6.30. The molecule has 3 nitrogen and oxygen atoms in total. The third-order valence-corrected chi connectivity index (χ3v) is 3.39. The first-order valence-electron chi connectivity index (χ1n) is 6.73. The van der Waals surface area contributed by atoms with Crippen molar-refractivity contribution in [2.24, 2.45) is 0 Å². The molecule has 7 heteroatoms. The van der Waals surface area contributed by atoms with E-state index in [1.165, 1.54) is 55.6 Å². The van der Waals surface area contributed by atoms with Crippen LogP contribution in [0, 0.1) is 11.3 Å². The molecule has 0 fully saturated rings. The lowest BCUT2D eigenvalue weighted by Gasteiger charge is -2.17. The number of anilines is 1. The number of hydrogen-bond acceptors (Lipinski definition) is 3. The van der Waals surface area contributed by atoms with Gasteiger partial charge in [-0.1, -0.05) is 11.6 Å². The maximum absolute atomic E-state index is 13.4. The second-order valence-electron chi connectivity index (χ2n) is 4.72. The van der Waals surface area contributed by atoms with E-state index in [1.807, 2.05) is 0 Å². The third-order valence-electron chi connectivity index (χ3n) is 3.14. The van der Waals surface area contributed by atoms with E-state index in [2.05, 4.69) is 5.32 Å². The molecule has 0 aliphatic heterocycles. The fourth-order valence-electron chi connectivity index (χ4n) is 1.98. The van der Waals surface area contributed by atoms with E-state index in [1.54, 1.807) is 6.07 Å². The summed E-state index contributed by atoms with van der Waals surface area (Å²) in [4.78, 5) is 0. The molecule has 0 heterocycles. The van der Waals surface area contributed by atoms with Crippen LogP contribution in [-0.2, 0) is 0 Å². The van der Waals surface area contributed by atoms with Gasteiger partial charge in [0, 0.05) is 10.7 Å². The predicted octanol–water partition coefficient (Wildman–Crippen LogP) is 5.26. The number of allylic oxidation sites excluding steroid dienone is 2. The molecule has 24 heavy (non-hydrogen) atoms. The summed E-state index contributed by atoms with van der Waals surface area (Å²) >= 11 is 5.73. The van der Waals surface area contributed by atoms with E-state index in [9.17, 15) is 18.4 Å². The van der Waals surface area contributed by atoms with Crippen molar-refractivity contribution in [1.82, 2.24) is 0 Å². The molecule has 124 valence electrons. The zero-order valence-corrected chi connectivity index (χ0v) is 13.2. The van der Waals surface area contributed by atoms with Crippen molar-refractivity contribution < 1.29 is 17.9 Å². The number of nitrogens with one attached hydrogen (secondary N) is 1. The quantitative estimate of drug-likeness (QED) is 0.763. The van der Waals surface area contributed by atoms with Crippen LogP contribution in [0.1, 0.15) is 5.56 Å². The first kappa shape index (κ1) is 17.7. The summed E-state index contributed by atoms with van der Waals surface area (Å²) in [6, 6.07) is 13.1. The largest absolute Gasteiger partial charge is 0.497 e. The van der Waals surface area contributed by atoms with Gasteiger partial charge in [-0.3, -0.25) is 0 Å². The number of nitrogens with zero attached hydrogens (tertiary/aromatic N) is 1. The summed E-state index contributed by atoms with van der Waals surface area (Å²) < 4.78 is 45.3. The standard InChI is InChI=1S/C17H12ClF3N2O/c1-24-14-8-2-11(3-9-14)15(10-22)16(17(19,20)21)23-13-6-4-12(18)5-7-13/h2-9,23H,1H3/b16-15+. The predicted molar refractivity (Wildman–Crippen MR) is 86.7 cm³/mol. The van der Waals surface area contributed by atoms with Crippen LogP contribution in [0.3, 0.4) is 0 Å². The molecule has 2 aromatic carbocycles. The highest BCUT2D eigenvalue weighted by Crippen LogP contribution is 2.33. The Bertz CT molecular complexity index is 775. The molecule has 0 unspecified atom stereocenters. The summed E-state index contributed by atoms with van der Waals surface area (Å²) in [7, 11) is 1.44. The molecule has 2 rings (SSSR count). The molecule has 0 spiro atoms. The van der Waals surface area contributed by atoms with E-state index in [-0.39, 0.29) is 11.3 Å². The average Bonchev–Trinajstić information content (AvgIpc) is 2.56. The van der Waals surface area contributed by atoms with Crippen LogP contribution in [-0.4, -0.2) is 13.3 Å². The topological polar surface area (TPSA) is 45.0 Å². The lowest BCUT2D eigenvalue weighted by molar-refractivity contribution is -0.0895. The van der Waals surface area contributed by atoms with Gasteiger partial charge in [0.25, 0.3) is 0 Å². The van der Waals surface area contributed by atoms with Gasteiger partial charge in [0.1, 0.15) is 17.5 Å². The molecule has 0 amide bonds. The minimum absolute atomic E-state index is 0.132. The number of hydrogen-bond donors (Lipinski definition) is 1. The molecule has 1 N–H and O–H groups in total. The Kier molecular flexibility index (Phi) is 5.37. The van der Waals surface area contributed by atoms with Crippen molar-refractivity contribution in [1.29, 1.82) is 5.26 Å². The van der Waals surface area contributed by atoms with E-state index >= 15 is 0 Å². The summed E-state index contributed by atoms with van der Waals surface area (Å²) in [5, 5.41) is 11.9. The molecule has 2 aromatic rings. The molecule has 0 saturated heterocycles. The summed E-state index contributed by atoms with van der Waals surface area (Å²) in [5.41, 5.74) is -1.35. The van der Waals surface area contributed by atoms with Crippen molar-refractivity contribution in [3.8, 4) is 11.8 Å². The van der Waals surface area contributed by atoms with Gasteiger partial charge in [0.15, 0.2) is 0 Å². The number of benzene rings is 2. The average molecular weight is 353 g/mol. The Hall–Kier alpha value is -2.65. The van der Waals surface area contributed by atoms with Crippen molar-refractivity contribution >= 4 is 22.9 Å². The Morgan fingerprint density at radius 3 is 2.12 bits per heavy atom. The summed E-state index contributed by atoms with van der Waals surface area (Å²) in [6.07, 6.45) is -4.73. The molecule has 0 bridgehead atoms. The number of rotatable bonds is 4. The van der Waals surface area contributed by atoms with E-state index in [0.29, 0.717) is 10.8 Å². The van der Waals surface area contributed by atoms with Crippen LogP contribution in [0.5, 0.6) is 5.75 Å². The van der Waals surface area contributed by atoms with Gasteiger partial charge >= 0.3 is 6.18 Å². The fraction of sp³-hybridized carbons (Fsp3) is 0.118. The van der Waals surface area contributed by atoms with Crippen molar-refractivity contribution in [2.45, 2.75) is 6.18 Å². The van der Waals surface area contributed by atoms with Crippen LogP contribution < -0.4 is 10.1 Å². The van der Waals surface area contributed by atoms with E-state index in [0.717, 1.165) is 0 Å². The minimum Gasteiger partial charge on any atom is -0.497 e. The van der Waals surface area contributed by atoms with Gasteiger partial charge in [0.2, 0.25) is 0 Å². The van der Waals surface area contributed by atoms with Crippen molar-refractivity contribution in [3.63, 3.8) is 0 Å². The van der Waals surface area contributed by atoms with Gasteiger partial charge in [-0.05, 0) is 54.1 Å². The first-order valence-corrected chi connectivity index (χ1v) is 7.11. The normalized spacial score (nSPS) is 12.2. The Morgan fingerprint density at radius 2 is 1.67 bits per heavy atom. The minimum atomic E-state index is -4.73. The fourth-order valence-corrected chi connectivity index (χ4v) is 2.10. The maximum Gasteiger partial charge on any atom is 0.432 e. The van der Waals surface area contributed by atoms with Gasteiger partial charge in [0.05, 0.1) is 12.7 Å². The van der Waals surface area contributed by atoms with Gasteiger partial charge in [-0.25, -0.2) is 0 Å². The lowest BCUT2D eigenvalue weighted by Crippen LogP contribution is -2.21. The highest BCUT2D eigenvalue weighted by Gasteiger charge is 2.37.